The van der Waals surface area contributed by atoms with E-state index in [0.29, 0.717) is 37.0 Å². The molecule has 4 rings (SSSR count). The zero-order valence-corrected chi connectivity index (χ0v) is 49.1. The number of thioether (sulfide) groups is 1. The van der Waals surface area contributed by atoms with Crippen molar-refractivity contribution in [2.24, 2.45) is 17.3 Å². The Bertz CT molecular complexity index is 2590. The second-order valence-electron chi connectivity index (χ2n) is 20.4. The molecule has 4 heterocycles. The molecule has 2 amide bonds. The maximum atomic E-state index is 12.8. The number of nitrogens with zero attached hydrogens (tertiary/aromatic N) is 4. The first kappa shape index (κ1) is 69.8. The van der Waals surface area contributed by atoms with Crippen molar-refractivity contribution in [1.82, 2.24) is 30.2 Å². The number of nitrogens with two attached hydrogens (primary N) is 1. The first-order valence-corrected chi connectivity index (χ1v) is 31.6. The smallest absolute Gasteiger partial charge is 0.463 e. The normalized spacial score (nSPS) is 24.5. The average Bonchev–Trinajstić information content (AvgIpc) is 4.20. The third-order valence-electron chi connectivity index (χ3n) is 13.0. The predicted molar refractivity (Wildman–Crippen MR) is 289 cm³/mol. The first-order chi connectivity index (χ1) is 37.9. The molecule has 2 saturated heterocycles. The lowest BCUT2D eigenvalue weighted by Gasteiger charge is -2.37. The monoisotopic (exact) mass is 1230 g/mol. The number of phosphoric ester groups is 3. The van der Waals surface area contributed by atoms with Gasteiger partial charge in [-0.25, -0.2) is 33.4 Å². The van der Waals surface area contributed by atoms with Crippen LogP contribution in [-0.4, -0.2) is 182 Å². The molecule has 0 saturated carbocycles. The summed E-state index contributed by atoms with van der Waals surface area (Å²) < 4.78 is 73.7. The van der Waals surface area contributed by atoms with E-state index in [1.807, 2.05) is 19.1 Å². The predicted octanol–water partition coefficient (Wildman–Crippen LogP) is 1.98. The summed E-state index contributed by atoms with van der Waals surface area (Å²) >= 11 is 1.07. The minimum absolute atomic E-state index is 0.0190. The molecule has 2 aromatic heterocycles. The zero-order valence-electron chi connectivity index (χ0n) is 45.6. The van der Waals surface area contributed by atoms with Crippen LogP contribution in [0.25, 0.3) is 11.2 Å². The highest BCUT2D eigenvalue weighted by Gasteiger charge is 2.50. The number of unbranched alkanes of at least 4 members (excludes halogenated alkanes) is 5. The molecule has 34 heteroatoms. The number of rotatable bonds is 35. The third-order valence-corrected chi connectivity index (χ3v) is 17.1. The van der Waals surface area contributed by atoms with E-state index < -0.39 is 115 Å². The van der Waals surface area contributed by atoms with Gasteiger partial charge in [0.15, 0.2) is 22.8 Å². The molecule has 2 aliphatic heterocycles. The van der Waals surface area contributed by atoms with Crippen molar-refractivity contribution >= 4 is 75.1 Å². The van der Waals surface area contributed by atoms with Crippen LogP contribution in [0.1, 0.15) is 105 Å². The number of phosphoric acid groups is 3. The van der Waals surface area contributed by atoms with Crippen molar-refractivity contribution in [1.29, 1.82) is 0 Å². The molecule has 2 fully saturated rings. The second kappa shape index (κ2) is 32.6. The number of aliphatic hydroxyl groups is 5. The highest BCUT2D eigenvalue weighted by molar-refractivity contribution is 8.13. The van der Waals surface area contributed by atoms with E-state index in [9.17, 15) is 78.0 Å². The molecule has 0 bridgehead atoms. The number of esters is 1. The molecule has 30 nitrogen and oxygen atoms in total. The molecular weight excluding hydrogens is 1160 g/mol. The number of allylic oxidation sites excluding steroid dienone is 1. The summed E-state index contributed by atoms with van der Waals surface area (Å²) in [6.45, 7) is 6.17. The van der Waals surface area contributed by atoms with E-state index in [-0.39, 0.29) is 73.1 Å². The minimum atomic E-state index is -5.61. The van der Waals surface area contributed by atoms with Crippen LogP contribution < -0.4 is 16.4 Å². The van der Waals surface area contributed by atoms with Crippen LogP contribution in [-0.2, 0) is 65.0 Å². The van der Waals surface area contributed by atoms with E-state index in [0.717, 1.165) is 54.7 Å². The van der Waals surface area contributed by atoms with E-state index in [2.05, 4.69) is 34.4 Å². The third kappa shape index (κ3) is 23.7. The first-order valence-electron chi connectivity index (χ1n) is 26.1. The van der Waals surface area contributed by atoms with E-state index in [1.54, 1.807) is 13.8 Å². The van der Waals surface area contributed by atoms with Crippen LogP contribution in [0, 0.1) is 17.3 Å². The number of aromatic nitrogens is 4. The van der Waals surface area contributed by atoms with Crippen molar-refractivity contribution in [3.8, 4) is 0 Å². The maximum absolute atomic E-state index is 12.8. The summed E-state index contributed by atoms with van der Waals surface area (Å²) in [4.78, 5) is 101. The van der Waals surface area contributed by atoms with Crippen molar-refractivity contribution in [2.75, 3.05) is 51.0 Å². The Morgan fingerprint density at radius 2 is 1.58 bits per heavy atom. The van der Waals surface area contributed by atoms with Gasteiger partial charge in [-0.15, -0.1) is 0 Å². The second-order valence-corrected chi connectivity index (χ2v) is 25.8. The lowest BCUT2D eigenvalue weighted by Crippen LogP contribution is -2.50. The molecule has 2 unspecified atom stereocenters. The highest BCUT2D eigenvalue weighted by atomic mass is 32.2. The lowest BCUT2D eigenvalue weighted by atomic mass is 9.87. The largest absolute Gasteiger partial charge is 0.481 e. The molecule has 0 spiro atoms. The van der Waals surface area contributed by atoms with Gasteiger partial charge in [0.1, 0.15) is 42.4 Å². The summed E-state index contributed by atoms with van der Waals surface area (Å²) in [6, 6.07) is 0. The summed E-state index contributed by atoms with van der Waals surface area (Å²) in [5, 5.41) is 57.5. The van der Waals surface area contributed by atoms with Gasteiger partial charge in [0, 0.05) is 49.1 Å². The van der Waals surface area contributed by atoms with Crippen LogP contribution in [0.15, 0.2) is 36.5 Å². The number of fused-ring (bicyclic) bond motifs is 1. The lowest BCUT2D eigenvalue weighted by molar-refractivity contribution is -0.162. The van der Waals surface area contributed by atoms with Crippen molar-refractivity contribution < 1.29 is 110 Å². The van der Waals surface area contributed by atoms with Crippen molar-refractivity contribution in [3.63, 3.8) is 0 Å². The fourth-order valence-corrected chi connectivity index (χ4v) is 11.7. The van der Waals surface area contributed by atoms with Crippen LogP contribution >= 0.6 is 35.2 Å². The number of anilines is 1. The van der Waals surface area contributed by atoms with Gasteiger partial charge in [-0.05, 0) is 45.4 Å². The fourth-order valence-electron chi connectivity index (χ4n) is 8.20. The Hall–Kier alpha value is -3.65. The molecule has 13 atom stereocenters. The molecule has 2 aromatic rings. The quantitative estimate of drug-likeness (QED) is 0.0154. The van der Waals surface area contributed by atoms with Crippen LogP contribution in [0.2, 0.25) is 0 Å². The van der Waals surface area contributed by atoms with E-state index >= 15 is 0 Å². The van der Waals surface area contributed by atoms with Gasteiger partial charge in [-0.1, -0.05) is 75.9 Å². The highest BCUT2D eigenvalue weighted by Crippen LogP contribution is 2.61. The number of hydrogen-bond acceptors (Lipinski definition) is 24. The van der Waals surface area contributed by atoms with Crippen molar-refractivity contribution in [2.45, 2.75) is 154 Å². The van der Waals surface area contributed by atoms with E-state index in [1.165, 1.54) is 19.9 Å². The Morgan fingerprint density at radius 3 is 2.27 bits per heavy atom. The number of nitrogen functional groups attached to an aromatic ring is 1. The maximum Gasteiger partial charge on any atom is 0.481 e. The van der Waals surface area contributed by atoms with Crippen LogP contribution in [0.3, 0.4) is 0 Å². The van der Waals surface area contributed by atoms with Crippen molar-refractivity contribution in [3.05, 3.63) is 36.5 Å². The summed E-state index contributed by atoms with van der Waals surface area (Å²) in [6.07, 6.45) is 0.685. The zero-order chi connectivity index (χ0) is 60.3. The van der Waals surface area contributed by atoms with Gasteiger partial charge >= 0.3 is 29.4 Å². The Labute approximate surface area is 472 Å². The Balaban J connectivity index is 1.02. The molecule has 13 N–H and O–H groups in total. The Kier molecular flexibility index (Phi) is 28.1. The number of carbonyl (C=O) groups excluding carboxylic acids is 4. The van der Waals surface area contributed by atoms with Crippen LogP contribution in [0.4, 0.5) is 5.82 Å². The number of hydrogen-bond donors (Lipinski definition) is 12. The summed E-state index contributed by atoms with van der Waals surface area (Å²) in [7, 11) is -16.5. The molecule has 0 radical (unpaired) electrons. The number of amides is 2. The molecule has 0 aromatic carbocycles. The molecule has 0 aliphatic carbocycles. The SMILES string of the molecule is C/C(=C\C(=O)OCCCCCCCCC(=O)SCCNC(=O)CCNC(=O)[C@H](O)C(C)(C)COP(=O)(O)OP(=O)(O)OC[C@H]1O[C@@H](n2cnc3c(N)ncnc32)[C@H](O)[C@@H]1OP(=O)(O)O)C[C@@H]1OC[C@H](C/C=C/[C@@H](C)[C@H](C)O)[C@@H](O)[C@H]1O. The molecule has 2 aliphatic rings. The van der Waals surface area contributed by atoms with Gasteiger partial charge in [-0.2, -0.15) is 4.31 Å². The topological polar surface area (TPSA) is 460 Å². The fraction of sp³-hybridized carbons (Fsp3) is 0.723. The average molecular weight is 1230 g/mol. The number of imidazole rings is 1. The molecule has 460 valence electrons. The van der Waals surface area contributed by atoms with E-state index in [4.69, 9.17) is 29.0 Å². The number of aliphatic hydroxyl groups excluding tert-OH is 5. The standard InChI is InChI=1S/C47H78N7O23P3S/c1-28(21-32-39(60)38(59)31(23-72-32)14-12-13-29(2)30(3)55)22-35(57)71-19-11-9-7-6-8-10-15-36(58)81-20-18-49-34(56)16-17-50-45(63)42(62)47(4,5)25-74-80(69,70)77-79(67,68)73-24-33-41(76-78(64,65)66)40(61)46(75-33)54-27-53-37-43(48)51-26-52-44(37)54/h12-13,22,26-27,29-33,38-42,46,55,59-62H,6-11,14-21,23-25H2,1-5H3,(H,49,56)(H,50,63)(H,67,68)(H,69,70)(H2,48,51,52)(H2,64,65,66)/b13-12+,28-22+/t29-,30+,31+,32+,33-,38-,39+,40-,41-,42+,46-/m1/s1. The molecular formula is C47H78N7O23P3S. The number of carbonyl (C=O) groups is 4. The van der Waals surface area contributed by atoms with Gasteiger partial charge in [-0.3, -0.25) is 32.5 Å². The summed E-state index contributed by atoms with van der Waals surface area (Å²) in [5.74, 6) is -2.03. The van der Waals surface area contributed by atoms with Gasteiger partial charge < -0.3 is 75.7 Å². The minimum Gasteiger partial charge on any atom is -0.463 e. The van der Waals surface area contributed by atoms with Crippen LogP contribution in [0.5, 0.6) is 0 Å². The Morgan fingerprint density at radius 1 is 0.901 bits per heavy atom. The number of nitrogens with one attached hydrogen (secondary N) is 2. The summed E-state index contributed by atoms with van der Waals surface area (Å²) in [5.41, 5.74) is 4.88. The van der Waals surface area contributed by atoms with Gasteiger partial charge in [0.25, 0.3) is 0 Å². The number of ether oxygens (including phenoxy) is 3. The van der Waals surface area contributed by atoms with Gasteiger partial charge in [0.2, 0.25) is 11.8 Å². The van der Waals surface area contributed by atoms with Gasteiger partial charge in [0.05, 0.1) is 51.1 Å². The molecule has 81 heavy (non-hydrogen) atoms.